The molecular formula is C11H8N3O+. The Morgan fingerprint density at radius 2 is 2.00 bits per heavy atom. The summed E-state index contributed by atoms with van der Waals surface area (Å²) in [5.41, 5.74) is 0.460. The van der Waals surface area contributed by atoms with Crippen LogP contribution in [0.5, 0.6) is 0 Å². The third-order valence-corrected chi connectivity index (χ3v) is 1.68. The topological polar surface area (TPSA) is 72.2 Å². The van der Waals surface area contributed by atoms with Crippen LogP contribution in [-0.2, 0) is 0 Å². The minimum Gasteiger partial charge on any atom is -0.501 e. The van der Waals surface area contributed by atoms with Crippen molar-refractivity contribution < 1.29 is 5.11 Å². The molecule has 72 valence electrons. The molecule has 0 fully saturated rings. The van der Waals surface area contributed by atoms with Gasteiger partial charge in [-0.25, -0.2) is 0 Å². The largest absolute Gasteiger partial charge is 0.502 e. The molecule has 0 saturated heterocycles. The summed E-state index contributed by atoms with van der Waals surface area (Å²) >= 11 is 0. The summed E-state index contributed by atoms with van der Waals surface area (Å²) < 4.78 is 0. The van der Waals surface area contributed by atoms with Crippen LogP contribution in [0.1, 0.15) is 5.56 Å². The number of nitriles is 1. The monoisotopic (exact) mass is 198 g/mol. The number of benzene rings is 1. The predicted molar refractivity (Wildman–Crippen MR) is 55.8 cm³/mol. The number of nitrogens with zero attached hydrogens (tertiary/aromatic N) is 3. The van der Waals surface area contributed by atoms with E-state index in [1.807, 2.05) is 30.3 Å². The maximum Gasteiger partial charge on any atom is 0.502 e. The first kappa shape index (κ1) is 10.5. The lowest BCUT2D eigenvalue weighted by atomic mass is 10.2. The number of aliphatic hydroxyl groups excluding tert-OH is 1. The number of diazo groups is 1. The molecule has 0 unspecified atom stereocenters. The van der Waals surface area contributed by atoms with Crippen LogP contribution < -0.4 is 0 Å². The molecule has 4 nitrogen and oxygen atoms in total. The van der Waals surface area contributed by atoms with Crippen LogP contribution >= 0.6 is 0 Å². The quantitative estimate of drug-likeness (QED) is 0.343. The maximum absolute atomic E-state index is 9.29. The fourth-order valence-corrected chi connectivity index (χ4v) is 0.949. The van der Waals surface area contributed by atoms with Crippen molar-refractivity contribution in [3.05, 3.63) is 58.4 Å². The summed E-state index contributed by atoms with van der Waals surface area (Å²) in [7, 11) is 0. The highest BCUT2D eigenvalue weighted by Crippen LogP contribution is 2.07. The van der Waals surface area contributed by atoms with Crippen molar-refractivity contribution in [2.45, 2.75) is 0 Å². The van der Waals surface area contributed by atoms with Crippen molar-refractivity contribution in [3.8, 4) is 6.07 Å². The molecular weight excluding hydrogens is 190 g/mol. The Morgan fingerprint density at radius 3 is 2.53 bits per heavy atom. The Kier molecular flexibility index (Phi) is 3.64. The average Bonchev–Trinajstić information content (AvgIpc) is 2.29. The molecule has 0 radical (unpaired) electrons. The highest BCUT2D eigenvalue weighted by molar-refractivity contribution is 5.53. The molecule has 1 rings (SSSR count). The van der Waals surface area contributed by atoms with Gasteiger partial charge in [0.25, 0.3) is 0 Å². The van der Waals surface area contributed by atoms with Crippen LogP contribution in [0.15, 0.2) is 47.9 Å². The van der Waals surface area contributed by atoms with Crippen molar-refractivity contribution in [2.75, 3.05) is 0 Å². The van der Waals surface area contributed by atoms with Crippen LogP contribution in [0, 0.1) is 16.7 Å². The zero-order valence-corrected chi connectivity index (χ0v) is 7.83. The van der Waals surface area contributed by atoms with Gasteiger partial charge in [-0.05, 0) is 11.6 Å². The standard InChI is InChI=1S/C11H7N3O/c12-8-10(14-13)11(15)7-6-9-4-2-1-3-5-9/h1-7H/p+1/b7-6+,11-10+. The maximum atomic E-state index is 9.29. The second kappa shape index (κ2) is 5.21. The Hall–Kier alpha value is -2.59. The lowest BCUT2D eigenvalue weighted by Crippen LogP contribution is -1.80. The molecule has 1 N–H and O–H groups in total. The van der Waals surface area contributed by atoms with Crippen molar-refractivity contribution in [1.82, 2.24) is 0 Å². The summed E-state index contributed by atoms with van der Waals surface area (Å²) in [4.78, 5) is 2.64. The van der Waals surface area contributed by atoms with E-state index in [0.29, 0.717) is 0 Å². The van der Waals surface area contributed by atoms with E-state index in [4.69, 9.17) is 10.7 Å². The van der Waals surface area contributed by atoms with Crippen molar-refractivity contribution in [2.24, 2.45) is 0 Å². The van der Waals surface area contributed by atoms with Gasteiger partial charge >= 0.3 is 5.70 Å². The molecule has 0 amide bonds. The number of rotatable bonds is 2. The summed E-state index contributed by atoms with van der Waals surface area (Å²) in [5.74, 6) is -0.371. The van der Waals surface area contributed by atoms with Gasteiger partial charge in [0.05, 0.1) is 0 Å². The van der Waals surface area contributed by atoms with Gasteiger partial charge in [0.15, 0.2) is 11.0 Å². The molecule has 0 aliphatic rings. The van der Waals surface area contributed by atoms with E-state index in [9.17, 15) is 5.11 Å². The average molecular weight is 198 g/mol. The zero-order valence-electron chi connectivity index (χ0n) is 7.83. The summed E-state index contributed by atoms with van der Waals surface area (Å²) in [6, 6.07) is 10.8. The predicted octanol–water partition coefficient (Wildman–Crippen LogP) is 2.85. The summed E-state index contributed by atoms with van der Waals surface area (Å²) in [5, 5.41) is 26.1. The van der Waals surface area contributed by atoms with Gasteiger partial charge < -0.3 is 5.11 Å². The molecule has 4 heteroatoms. The second-order valence-corrected chi connectivity index (χ2v) is 2.69. The van der Waals surface area contributed by atoms with Gasteiger partial charge in [-0.2, -0.15) is 5.26 Å². The fraction of sp³-hybridized carbons (Fsp3) is 0. The number of hydrogen-bond acceptors (Lipinski definition) is 3. The molecule has 0 heterocycles. The Bertz CT molecular complexity index is 459. The molecule has 0 atom stereocenters. The van der Waals surface area contributed by atoms with Crippen molar-refractivity contribution >= 4 is 6.08 Å². The SMILES string of the molecule is N#C/C([N+]#N)=C(O)/C=C/c1ccccc1. The Balaban J connectivity index is 2.90. The van der Waals surface area contributed by atoms with E-state index in [1.54, 1.807) is 12.1 Å². The minimum absolute atomic E-state index is 0.371. The molecule has 15 heavy (non-hydrogen) atoms. The molecule has 0 saturated carbocycles. The molecule has 1 aromatic carbocycles. The smallest absolute Gasteiger partial charge is 0.501 e. The third kappa shape index (κ3) is 2.98. The van der Waals surface area contributed by atoms with E-state index in [0.717, 1.165) is 5.56 Å². The van der Waals surface area contributed by atoms with Gasteiger partial charge in [0.1, 0.15) is 0 Å². The number of allylic oxidation sites excluding steroid dienone is 2. The molecule has 0 spiro atoms. The van der Waals surface area contributed by atoms with Gasteiger partial charge in [-0.1, -0.05) is 36.4 Å². The fourth-order valence-electron chi connectivity index (χ4n) is 0.949. The van der Waals surface area contributed by atoms with Crippen LogP contribution in [0.4, 0.5) is 0 Å². The van der Waals surface area contributed by atoms with E-state index in [-0.39, 0.29) is 5.76 Å². The van der Waals surface area contributed by atoms with E-state index in [1.165, 1.54) is 6.08 Å². The van der Waals surface area contributed by atoms with Crippen LogP contribution in [0.25, 0.3) is 11.1 Å². The first-order chi connectivity index (χ1) is 7.27. The number of aliphatic hydroxyl groups is 1. The lowest BCUT2D eigenvalue weighted by molar-refractivity contribution is 0.430. The van der Waals surface area contributed by atoms with Crippen LogP contribution in [0.2, 0.25) is 0 Å². The van der Waals surface area contributed by atoms with Crippen molar-refractivity contribution in [3.63, 3.8) is 0 Å². The third-order valence-electron chi connectivity index (χ3n) is 1.68. The van der Waals surface area contributed by atoms with Crippen LogP contribution in [-0.4, -0.2) is 5.11 Å². The molecule has 0 bridgehead atoms. The first-order valence-electron chi connectivity index (χ1n) is 4.19. The molecule has 0 aliphatic heterocycles. The minimum atomic E-state index is -0.415. The molecule has 0 aliphatic carbocycles. The molecule has 0 aromatic heterocycles. The Morgan fingerprint density at radius 1 is 1.33 bits per heavy atom. The molecule has 1 aromatic rings. The van der Waals surface area contributed by atoms with Gasteiger partial charge in [-0.3, -0.25) is 0 Å². The lowest BCUT2D eigenvalue weighted by Gasteiger charge is -1.89. The summed E-state index contributed by atoms with van der Waals surface area (Å²) in [6.07, 6.45) is 2.91. The number of hydrogen-bond donors (Lipinski definition) is 1. The van der Waals surface area contributed by atoms with Gasteiger partial charge in [0.2, 0.25) is 11.2 Å². The highest BCUT2D eigenvalue weighted by Gasteiger charge is 2.14. The summed E-state index contributed by atoms with van der Waals surface area (Å²) in [6.45, 7) is 0. The van der Waals surface area contributed by atoms with Crippen molar-refractivity contribution in [1.29, 1.82) is 10.7 Å². The highest BCUT2D eigenvalue weighted by atomic mass is 16.3. The van der Waals surface area contributed by atoms with Gasteiger partial charge in [-0.15, -0.1) is 0 Å². The van der Waals surface area contributed by atoms with Crippen LogP contribution in [0.3, 0.4) is 0 Å². The van der Waals surface area contributed by atoms with E-state index >= 15 is 0 Å². The van der Waals surface area contributed by atoms with E-state index in [2.05, 4.69) is 4.98 Å². The Labute approximate surface area is 87.0 Å². The first-order valence-corrected chi connectivity index (χ1v) is 4.19. The van der Waals surface area contributed by atoms with E-state index < -0.39 is 5.70 Å². The zero-order chi connectivity index (χ0) is 11.1. The normalized spacial score (nSPS) is 11.6. The second-order valence-electron chi connectivity index (χ2n) is 2.69. The van der Waals surface area contributed by atoms with Gasteiger partial charge in [0, 0.05) is 0 Å².